The zero-order valence-electron chi connectivity index (χ0n) is 16.0. The van der Waals surface area contributed by atoms with Crippen LogP contribution in [0.1, 0.15) is 0 Å². The van der Waals surface area contributed by atoms with E-state index in [-0.39, 0.29) is 24.6 Å². The van der Waals surface area contributed by atoms with Gasteiger partial charge in [-0.25, -0.2) is 0 Å². The van der Waals surface area contributed by atoms with Gasteiger partial charge in [0.1, 0.15) is 24.2 Å². The Labute approximate surface area is 176 Å². The standard InChI is InChI=1S/C20H18F3N2O5S/c21-20(22,23)31(26,27)25(9-1-2-14(11-24)12-25)15-3-5-16(6-4-15)30-17-7-8-18-19(10-17)29-13-28-18/h1-8,10,12H,9,11,13,24H2/q+1. The largest absolute Gasteiger partial charge is 0.550 e. The Morgan fingerprint density at radius 2 is 1.71 bits per heavy atom. The van der Waals surface area contributed by atoms with Crippen molar-refractivity contribution in [1.82, 2.24) is 3.89 Å². The average Bonchev–Trinajstić information content (AvgIpc) is 3.21. The van der Waals surface area contributed by atoms with Crippen molar-refractivity contribution in [1.29, 1.82) is 0 Å². The van der Waals surface area contributed by atoms with E-state index in [9.17, 15) is 21.6 Å². The zero-order valence-corrected chi connectivity index (χ0v) is 16.8. The van der Waals surface area contributed by atoms with Gasteiger partial charge in [0.15, 0.2) is 17.2 Å². The predicted molar refractivity (Wildman–Crippen MR) is 107 cm³/mol. The number of benzene rings is 2. The van der Waals surface area contributed by atoms with Crippen molar-refractivity contribution >= 4 is 15.7 Å². The zero-order chi connectivity index (χ0) is 22.3. The molecule has 4 rings (SSSR count). The number of fused-ring (bicyclic) bond motifs is 1. The van der Waals surface area contributed by atoms with Crippen molar-refractivity contribution < 1.29 is 35.8 Å². The fraction of sp³-hybridized carbons (Fsp3) is 0.200. The highest BCUT2D eigenvalue weighted by Crippen LogP contribution is 2.41. The first-order chi connectivity index (χ1) is 14.7. The van der Waals surface area contributed by atoms with Crippen LogP contribution in [0, 0.1) is 0 Å². The number of sulfonamides is 1. The molecule has 1 atom stereocenters. The molecule has 0 aromatic heterocycles. The highest BCUT2D eigenvalue weighted by atomic mass is 32.2. The molecule has 31 heavy (non-hydrogen) atoms. The van der Waals surface area contributed by atoms with Crippen molar-refractivity contribution in [2.24, 2.45) is 5.73 Å². The predicted octanol–water partition coefficient (Wildman–Crippen LogP) is 3.78. The summed E-state index contributed by atoms with van der Waals surface area (Å²) >= 11 is 0. The molecule has 0 bridgehead atoms. The number of halogens is 3. The number of hydrogen-bond donors (Lipinski definition) is 1. The molecule has 0 aliphatic carbocycles. The average molecular weight is 455 g/mol. The lowest BCUT2D eigenvalue weighted by atomic mass is 10.2. The molecule has 1 unspecified atom stereocenters. The fourth-order valence-corrected chi connectivity index (χ4v) is 4.68. The molecule has 11 heteroatoms. The molecule has 2 aromatic carbocycles. The second-order valence-electron chi connectivity index (χ2n) is 6.82. The molecule has 0 spiro atoms. The molecular formula is C20H18F3N2O5S+. The molecule has 0 saturated heterocycles. The van der Waals surface area contributed by atoms with Gasteiger partial charge in [-0.05, 0) is 30.3 Å². The lowest BCUT2D eigenvalue weighted by molar-refractivity contribution is -0.0473. The van der Waals surface area contributed by atoms with Crippen LogP contribution in [-0.2, 0) is 10.0 Å². The van der Waals surface area contributed by atoms with Gasteiger partial charge >= 0.3 is 15.5 Å². The Bertz CT molecular complexity index is 1160. The van der Waals surface area contributed by atoms with Crippen molar-refractivity contribution in [2.45, 2.75) is 5.51 Å². The monoisotopic (exact) mass is 455 g/mol. The first kappa shape index (κ1) is 21.2. The third-order valence-electron chi connectivity index (χ3n) is 4.89. The van der Waals surface area contributed by atoms with Crippen LogP contribution in [-0.4, -0.2) is 33.8 Å². The maximum atomic E-state index is 13.5. The lowest BCUT2D eigenvalue weighted by Crippen LogP contribution is -2.56. The number of ether oxygens (including phenoxy) is 3. The van der Waals surface area contributed by atoms with Crippen LogP contribution in [0.25, 0.3) is 0 Å². The number of quaternary nitrogens is 1. The summed E-state index contributed by atoms with van der Waals surface area (Å²) in [4.78, 5) is 0. The molecule has 2 N–H and O–H groups in total. The van der Waals surface area contributed by atoms with Gasteiger partial charge < -0.3 is 19.9 Å². The van der Waals surface area contributed by atoms with Gasteiger partial charge in [-0.15, -0.1) is 3.89 Å². The van der Waals surface area contributed by atoms with Gasteiger partial charge in [-0.3, -0.25) is 0 Å². The Morgan fingerprint density at radius 1 is 1.03 bits per heavy atom. The summed E-state index contributed by atoms with van der Waals surface area (Å²) in [6.07, 6.45) is 3.90. The van der Waals surface area contributed by atoms with E-state index in [1.165, 1.54) is 36.4 Å². The van der Waals surface area contributed by atoms with Gasteiger partial charge in [0.25, 0.3) is 0 Å². The van der Waals surface area contributed by atoms with Gasteiger partial charge in [0.2, 0.25) is 6.79 Å². The molecule has 2 aromatic rings. The number of nitrogens with two attached hydrogens (primary N) is 1. The summed E-state index contributed by atoms with van der Waals surface area (Å²) in [5, 5.41) is 0. The molecule has 2 heterocycles. The molecule has 0 radical (unpaired) electrons. The van der Waals surface area contributed by atoms with Crippen LogP contribution in [0.4, 0.5) is 18.9 Å². The Balaban J connectivity index is 1.69. The maximum absolute atomic E-state index is 13.5. The molecule has 7 nitrogen and oxygen atoms in total. The third kappa shape index (κ3) is 3.64. The number of rotatable bonds is 5. The summed E-state index contributed by atoms with van der Waals surface area (Å²) in [7, 11) is -5.65. The Hall–Kier alpha value is -3.02. The van der Waals surface area contributed by atoms with Gasteiger partial charge in [-0.1, -0.05) is 6.08 Å². The van der Waals surface area contributed by atoms with E-state index in [4.69, 9.17) is 19.9 Å². The molecule has 164 valence electrons. The normalized spacial score (nSPS) is 20.5. The summed E-state index contributed by atoms with van der Waals surface area (Å²) in [5.74, 6) is 1.82. The topological polar surface area (TPSA) is 87.8 Å². The van der Waals surface area contributed by atoms with E-state index in [0.29, 0.717) is 23.0 Å². The van der Waals surface area contributed by atoms with Crippen LogP contribution in [0.3, 0.4) is 0 Å². The van der Waals surface area contributed by atoms with Crippen LogP contribution in [0.15, 0.2) is 66.4 Å². The first-order valence-electron chi connectivity index (χ1n) is 9.12. The first-order valence-corrected chi connectivity index (χ1v) is 10.6. The minimum atomic E-state index is -5.65. The number of alkyl halides is 3. The van der Waals surface area contributed by atoms with Crippen LogP contribution < -0.4 is 23.8 Å². The van der Waals surface area contributed by atoms with E-state index in [2.05, 4.69) is 0 Å². The van der Waals surface area contributed by atoms with E-state index in [1.54, 1.807) is 18.2 Å². The second-order valence-corrected chi connectivity index (χ2v) is 8.89. The number of nitrogens with zero attached hydrogens (tertiary/aromatic N) is 1. The van der Waals surface area contributed by atoms with E-state index in [0.717, 1.165) is 6.20 Å². The minimum Gasteiger partial charge on any atom is -0.457 e. The summed E-state index contributed by atoms with van der Waals surface area (Å²) in [6, 6.07) is 10.3. The summed E-state index contributed by atoms with van der Waals surface area (Å²) in [5.41, 5.74) is 0.282. The second kappa shape index (κ2) is 7.59. The highest BCUT2D eigenvalue weighted by Gasteiger charge is 2.61. The van der Waals surface area contributed by atoms with Crippen LogP contribution in [0.5, 0.6) is 23.0 Å². The molecule has 2 aliphatic heterocycles. The van der Waals surface area contributed by atoms with E-state index >= 15 is 0 Å². The molecule has 0 amide bonds. The van der Waals surface area contributed by atoms with Gasteiger partial charge in [0, 0.05) is 30.3 Å². The van der Waals surface area contributed by atoms with E-state index in [1.807, 2.05) is 0 Å². The van der Waals surface area contributed by atoms with Crippen molar-refractivity contribution in [3.8, 4) is 23.0 Å². The minimum absolute atomic E-state index is 0.0920. The molecule has 0 fully saturated rings. The summed E-state index contributed by atoms with van der Waals surface area (Å²) in [6.45, 7) is -0.420. The molecular weight excluding hydrogens is 437 g/mol. The smallest absolute Gasteiger partial charge is 0.457 e. The fourth-order valence-electron chi connectivity index (χ4n) is 3.36. The van der Waals surface area contributed by atoms with Crippen LogP contribution in [0.2, 0.25) is 0 Å². The maximum Gasteiger partial charge on any atom is 0.550 e. The third-order valence-corrected chi connectivity index (χ3v) is 6.80. The Kier molecular flexibility index (Phi) is 5.20. The van der Waals surface area contributed by atoms with Crippen LogP contribution >= 0.6 is 0 Å². The quantitative estimate of drug-likeness (QED) is 0.691. The Morgan fingerprint density at radius 3 is 2.39 bits per heavy atom. The SMILES string of the molecule is NCC1=C[N+](c2ccc(Oc3ccc4c(c3)OCO4)cc2)(S(=O)(=O)C(F)(F)F)CC=C1. The van der Waals surface area contributed by atoms with Crippen molar-refractivity contribution in [3.05, 3.63) is 66.4 Å². The lowest BCUT2D eigenvalue weighted by Gasteiger charge is -2.34. The summed E-state index contributed by atoms with van der Waals surface area (Å²) < 4.78 is 80.4. The van der Waals surface area contributed by atoms with Gasteiger partial charge in [0.05, 0.1) is 0 Å². The van der Waals surface area contributed by atoms with Crippen molar-refractivity contribution in [3.63, 3.8) is 0 Å². The molecule has 2 aliphatic rings. The van der Waals surface area contributed by atoms with Gasteiger partial charge in [-0.2, -0.15) is 21.6 Å². The molecule has 0 saturated carbocycles. The number of hydrogen-bond acceptors (Lipinski definition) is 6. The highest BCUT2D eigenvalue weighted by molar-refractivity contribution is 7.91. The van der Waals surface area contributed by atoms with Crippen molar-refractivity contribution in [2.75, 3.05) is 19.9 Å². The van der Waals surface area contributed by atoms with E-state index < -0.39 is 26.0 Å².